The van der Waals surface area contributed by atoms with Crippen LogP contribution < -0.4 is 197 Å². The Labute approximate surface area is 790 Å². The topological polar surface area (TPSA) is 889 Å². The normalized spacial score (nSPS) is 9.89. The fraction of sp³-hybridized carbons (Fsp3) is 1.00. The van der Waals surface area contributed by atoms with Crippen molar-refractivity contribution in [3.63, 3.8) is 0 Å². The number of aliphatic hydroxyl groups is 4. The number of nitrogens with one attached hydrogen (secondary N) is 8. The highest BCUT2D eigenvalue weighted by molar-refractivity contribution is 4.62. The molecule has 0 amide bonds. The number of nitrogens with two attached hydrogens (primary N) is 27. The first-order valence-electron chi connectivity index (χ1n) is 49.4. The van der Waals surface area contributed by atoms with Gasteiger partial charge in [0.2, 0.25) is 0 Å². The van der Waals surface area contributed by atoms with Crippen LogP contribution in [-0.4, -0.2) is 403 Å². The van der Waals surface area contributed by atoms with E-state index in [0.29, 0.717) is 91.8 Å². The van der Waals surface area contributed by atoms with Crippen LogP contribution in [0.3, 0.4) is 0 Å². The van der Waals surface area contributed by atoms with Crippen LogP contribution in [0, 0.1) is 0 Å². The Bertz CT molecular complexity index is 1310. The molecule has 0 aliphatic rings. The highest BCUT2D eigenvalue weighted by Crippen LogP contribution is 2.11. The quantitative estimate of drug-likeness (QED) is 0.0252. The van der Waals surface area contributed by atoms with Crippen LogP contribution in [0.2, 0.25) is 0 Å². The molecule has 0 heterocycles. The van der Waals surface area contributed by atoms with E-state index in [0.717, 1.165) is 332 Å². The summed E-state index contributed by atoms with van der Waals surface area (Å²) in [5, 5.41) is 58.2. The first kappa shape index (κ1) is 163. The highest BCUT2D eigenvalue weighted by atomic mass is 16.3. The standard InChI is InChI=1S/C16H37N3.C9H24N4.C7H19N3.C7H17NO2.C6H18N4.2C5H15N3.2C5H13NO.C4H13N3.C4H12N2.3C3H10N2.2C2H8N2/c1-2-3-4-5-6-7-8-9-10-11-14-19(15-12-17)16-13-18;10-4-8-12-6-2-1-3-7-13-9-5-11;8-4-2-1-3-6-10-7-5-9;9-6-3-1-2-4-8-5-7-10;7-1-4-10(5-2-8)6-3-9;1-8(4-2-6)5-3-7;6-2-1-4-8-5-3-7;2*6-4-2-1-3-5-7;5-1-3-7-4-2-6;1-6-4-2-3-5;1-5-3-2-4;2*4-2-1-3-5;2*3-1-2-4/h2-18H2,1H3;12-13H,1-11H2;10H,1-9H2;8-10H,1-7H2;1-9H2;2-7H2,1H3;8H,1-7H2;3*7H,1-6H2;6H,2-5H2,1H3;5H,2-4H2,1H3;2*1-5H2;2*1-4H2. The molecule has 42 heteroatoms. The van der Waals surface area contributed by atoms with Gasteiger partial charge in [0.05, 0.1) is 6.61 Å². The first-order chi connectivity index (χ1) is 62.4. The van der Waals surface area contributed by atoms with Gasteiger partial charge in [-0.2, -0.15) is 0 Å². The summed E-state index contributed by atoms with van der Waals surface area (Å²) >= 11 is 0. The monoisotopic (exact) mass is 1870 g/mol. The summed E-state index contributed by atoms with van der Waals surface area (Å²) in [6.07, 6.45) is 34.4. The second-order valence-corrected chi connectivity index (χ2v) is 28.8. The van der Waals surface area contributed by atoms with Gasteiger partial charge in [0.25, 0.3) is 0 Å². The maximum absolute atomic E-state index is 8.41. The van der Waals surface area contributed by atoms with E-state index in [-0.39, 0.29) is 6.61 Å². The van der Waals surface area contributed by atoms with E-state index in [1.165, 1.54) is 103 Å². The molecule has 0 aliphatic heterocycles. The third kappa shape index (κ3) is 272. The molecule has 42 nitrogen and oxygen atoms in total. The van der Waals surface area contributed by atoms with Crippen LogP contribution >= 0.6 is 0 Å². The summed E-state index contributed by atoms with van der Waals surface area (Å²) in [6, 6.07) is 0. The number of likely N-dealkylation sites (N-methyl/N-ethyl adjacent to an activating group) is 2. The summed E-state index contributed by atoms with van der Waals surface area (Å²) in [7, 11) is 5.82. The molecular formula is C86H242N38O4. The van der Waals surface area contributed by atoms with Crippen molar-refractivity contribution in [3.05, 3.63) is 0 Å². The largest absolute Gasteiger partial charge is 0.396 e. The van der Waals surface area contributed by atoms with E-state index in [9.17, 15) is 0 Å². The van der Waals surface area contributed by atoms with E-state index < -0.39 is 0 Å². The molecule has 0 bridgehead atoms. The molecular weight excluding hydrogens is 1630 g/mol. The fourth-order valence-electron chi connectivity index (χ4n) is 8.94. The lowest BCUT2D eigenvalue weighted by Crippen LogP contribution is -2.37. The predicted molar refractivity (Wildman–Crippen MR) is 568 cm³/mol. The minimum absolute atomic E-state index is 0.208. The average molecular weight is 1870 g/mol. The molecule has 0 unspecified atom stereocenters. The minimum Gasteiger partial charge on any atom is -0.396 e. The highest BCUT2D eigenvalue weighted by Gasteiger charge is 2.03. The van der Waals surface area contributed by atoms with Crippen LogP contribution in [-0.2, 0) is 0 Å². The van der Waals surface area contributed by atoms with Crippen molar-refractivity contribution in [3.8, 4) is 0 Å². The SMILES string of the molecule is CCCCCCCCCCCCN(CCN)CCN.CN(CCN)CCN.CNCCCN.CNCCN.NCCCCCNCCN.NCCCCCO.NCCCCCO.NCCCN.NCCCN.NCCCNCCN.NCCN.NCCN.NCCN(CCN)CCN.NCCNCCCCCNCCN.NCCNCCN.OCCCCCNCCO. The van der Waals surface area contributed by atoms with E-state index in [2.05, 4.69) is 64.2 Å². The van der Waals surface area contributed by atoms with Crippen molar-refractivity contribution in [1.82, 2.24) is 57.2 Å². The molecule has 0 aliphatic carbocycles. The van der Waals surface area contributed by atoms with Crippen LogP contribution in [0.15, 0.2) is 0 Å². The van der Waals surface area contributed by atoms with Crippen molar-refractivity contribution >= 4 is 0 Å². The zero-order chi connectivity index (χ0) is 100. The second-order valence-electron chi connectivity index (χ2n) is 28.8. The van der Waals surface area contributed by atoms with Gasteiger partial charge in [-0.25, -0.2) is 0 Å². The third-order valence-corrected chi connectivity index (χ3v) is 16.0. The summed E-state index contributed by atoms with van der Waals surface area (Å²) in [6.45, 7) is 43.6. The van der Waals surface area contributed by atoms with Crippen LogP contribution in [0.4, 0.5) is 0 Å². The van der Waals surface area contributed by atoms with Gasteiger partial charge >= 0.3 is 0 Å². The second kappa shape index (κ2) is 205. The molecule has 0 rings (SSSR count). The van der Waals surface area contributed by atoms with E-state index in [1.807, 2.05) is 21.1 Å². The predicted octanol–water partition coefficient (Wildman–Crippen LogP) is -8.52. The summed E-state index contributed by atoms with van der Waals surface area (Å²) in [5.74, 6) is 0. The minimum atomic E-state index is 0.208. The number of rotatable bonds is 77. The summed E-state index contributed by atoms with van der Waals surface area (Å²) in [4.78, 5) is 6.67. The van der Waals surface area contributed by atoms with Gasteiger partial charge in [-0.15, -0.1) is 0 Å². The number of hydrogen-bond donors (Lipinski definition) is 39. The van der Waals surface area contributed by atoms with Crippen LogP contribution in [0.25, 0.3) is 0 Å². The van der Waals surface area contributed by atoms with Gasteiger partial charge in [0.1, 0.15) is 0 Å². The molecule has 0 aromatic rings. The molecule has 0 atom stereocenters. The lowest BCUT2D eigenvalue weighted by Gasteiger charge is -2.20. The zero-order valence-corrected chi connectivity index (χ0v) is 84.7. The Morgan fingerprint density at radius 2 is 0.375 bits per heavy atom. The summed E-state index contributed by atoms with van der Waals surface area (Å²) in [5.41, 5.74) is 140. The van der Waals surface area contributed by atoms with Crippen molar-refractivity contribution < 1.29 is 20.4 Å². The van der Waals surface area contributed by atoms with Gasteiger partial charge in [-0.05, 0) is 241 Å². The van der Waals surface area contributed by atoms with Gasteiger partial charge in [0.15, 0.2) is 0 Å². The van der Waals surface area contributed by atoms with Gasteiger partial charge in [-0.3, -0.25) is 4.90 Å². The van der Waals surface area contributed by atoms with Crippen molar-refractivity contribution in [2.24, 2.45) is 155 Å². The Kier molecular flexibility index (Phi) is 260. The Morgan fingerprint density at radius 1 is 0.164 bits per heavy atom. The maximum Gasteiger partial charge on any atom is 0.0555 e. The summed E-state index contributed by atoms with van der Waals surface area (Å²) < 4.78 is 0. The first-order valence-corrected chi connectivity index (χ1v) is 49.4. The lowest BCUT2D eigenvalue weighted by atomic mass is 10.1. The third-order valence-electron chi connectivity index (χ3n) is 16.0. The lowest BCUT2D eigenvalue weighted by molar-refractivity contribution is 0.279. The Morgan fingerprint density at radius 3 is 0.586 bits per heavy atom. The molecule has 0 aromatic heterocycles. The Balaban J connectivity index is -0.0000000761. The van der Waals surface area contributed by atoms with Gasteiger partial charge in [-0.1, -0.05) is 77.6 Å². The van der Waals surface area contributed by atoms with E-state index in [1.54, 1.807) is 0 Å². The van der Waals surface area contributed by atoms with E-state index >= 15 is 0 Å². The number of hydrogen-bond acceptors (Lipinski definition) is 42. The molecule has 0 saturated heterocycles. The van der Waals surface area contributed by atoms with Crippen molar-refractivity contribution in [2.75, 3.05) is 368 Å². The molecule has 128 heavy (non-hydrogen) atoms. The van der Waals surface area contributed by atoms with Crippen molar-refractivity contribution in [1.29, 1.82) is 0 Å². The van der Waals surface area contributed by atoms with Gasteiger partial charge < -0.3 is 228 Å². The average Bonchev–Trinajstić information content (AvgIpc) is 1.01. The molecule has 0 radical (unpaired) electrons. The zero-order valence-electron chi connectivity index (χ0n) is 84.7. The van der Waals surface area contributed by atoms with Crippen LogP contribution in [0.1, 0.15) is 193 Å². The smallest absolute Gasteiger partial charge is 0.0555 e. The number of unbranched alkanes of at least 4 members (excludes halogenated alkanes) is 19. The Hall–Kier alpha value is -1.68. The van der Waals surface area contributed by atoms with E-state index in [4.69, 9.17) is 175 Å². The molecule has 0 spiro atoms. The van der Waals surface area contributed by atoms with Gasteiger partial charge in [0, 0.05) is 236 Å². The number of nitrogens with zero attached hydrogens (tertiary/aromatic N) is 3. The van der Waals surface area contributed by atoms with Crippen LogP contribution in [0.5, 0.6) is 0 Å². The molecule has 0 saturated carbocycles. The fourth-order valence-corrected chi connectivity index (χ4v) is 8.94. The molecule has 0 aromatic carbocycles. The maximum atomic E-state index is 8.41. The number of aliphatic hydroxyl groups excluding tert-OH is 4. The molecule has 0 fully saturated rings. The molecule has 800 valence electrons. The molecule has 66 N–H and O–H groups in total. The van der Waals surface area contributed by atoms with Crippen molar-refractivity contribution in [2.45, 2.75) is 193 Å².